The fourth-order valence-corrected chi connectivity index (χ4v) is 4.05. The molecule has 0 amide bonds. The number of aromatic nitrogens is 1. The molecule has 0 atom stereocenters. The number of hydrogen-bond acceptors (Lipinski definition) is 4. The normalized spacial score (nSPS) is 12.0. The van der Waals surface area contributed by atoms with Crippen molar-refractivity contribution in [3.63, 3.8) is 0 Å². The molecule has 6 nitrogen and oxygen atoms in total. The standard InChI is InChI=1S/C21H17F5N2O4S/c1-12-7-14(8-13(2)28(12)29)17-10-16(27-33(30,31)11-21(24,25)26)4-6-19(17)32-20-5-3-15(22)9-18(20)23/h3-10,27H,11H2,1-2H3. The van der Waals surface area contributed by atoms with Gasteiger partial charge in [0.25, 0.3) is 0 Å². The van der Waals surface area contributed by atoms with Crippen LogP contribution in [0.4, 0.5) is 27.6 Å². The summed E-state index contributed by atoms with van der Waals surface area (Å²) < 4.78 is 96.8. The first-order chi connectivity index (χ1) is 15.2. The van der Waals surface area contributed by atoms with Gasteiger partial charge in [0.05, 0.1) is 0 Å². The largest absolute Gasteiger partial charge is 0.618 e. The van der Waals surface area contributed by atoms with Gasteiger partial charge in [0.1, 0.15) is 11.6 Å². The van der Waals surface area contributed by atoms with Gasteiger partial charge in [-0.1, -0.05) is 0 Å². The molecule has 3 rings (SSSR count). The van der Waals surface area contributed by atoms with Crippen molar-refractivity contribution >= 4 is 15.7 Å². The van der Waals surface area contributed by atoms with Crippen LogP contribution in [0.2, 0.25) is 0 Å². The van der Waals surface area contributed by atoms with Crippen molar-refractivity contribution in [1.82, 2.24) is 0 Å². The molecule has 33 heavy (non-hydrogen) atoms. The van der Waals surface area contributed by atoms with E-state index >= 15 is 0 Å². The lowest BCUT2D eigenvalue weighted by atomic mass is 10.0. The van der Waals surface area contributed by atoms with Crippen LogP contribution >= 0.6 is 0 Å². The van der Waals surface area contributed by atoms with Crippen molar-refractivity contribution in [2.24, 2.45) is 0 Å². The van der Waals surface area contributed by atoms with Crippen LogP contribution in [-0.4, -0.2) is 20.3 Å². The lowest BCUT2D eigenvalue weighted by molar-refractivity contribution is -0.619. The van der Waals surface area contributed by atoms with Crippen LogP contribution < -0.4 is 14.2 Å². The zero-order valence-electron chi connectivity index (χ0n) is 17.2. The number of alkyl halides is 3. The number of sulfonamides is 1. The first kappa shape index (κ1) is 24.2. The molecule has 176 valence electrons. The van der Waals surface area contributed by atoms with Crippen molar-refractivity contribution in [2.45, 2.75) is 20.0 Å². The van der Waals surface area contributed by atoms with E-state index in [1.807, 2.05) is 4.72 Å². The highest BCUT2D eigenvalue weighted by molar-refractivity contribution is 7.92. The molecule has 12 heteroatoms. The Labute approximate surface area is 185 Å². The third-order valence-electron chi connectivity index (χ3n) is 4.40. The second kappa shape index (κ2) is 8.85. The summed E-state index contributed by atoms with van der Waals surface area (Å²) in [5.41, 5.74) is 0.832. The quantitative estimate of drug-likeness (QED) is 0.302. The van der Waals surface area contributed by atoms with Crippen molar-refractivity contribution in [3.05, 3.63) is 76.8 Å². The molecular formula is C21H17F5N2O4S. The fraction of sp³-hybridized carbons (Fsp3) is 0.190. The molecule has 0 aliphatic rings. The van der Waals surface area contributed by atoms with Gasteiger partial charge in [-0.15, -0.1) is 0 Å². The van der Waals surface area contributed by atoms with Crippen LogP contribution in [-0.2, 0) is 10.0 Å². The maximum absolute atomic E-state index is 14.1. The second-order valence-corrected chi connectivity index (χ2v) is 8.91. The Balaban J connectivity index is 2.10. The summed E-state index contributed by atoms with van der Waals surface area (Å²) in [5.74, 6) is -4.28. The summed E-state index contributed by atoms with van der Waals surface area (Å²) in [6.07, 6.45) is -4.95. The first-order valence-corrected chi connectivity index (χ1v) is 10.9. The van der Waals surface area contributed by atoms with E-state index in [1.54, 1.807) is 0 Å². The van der Waals surface area contributed by atoms with Crippen LogP contribution in [0.1, 0.15) is 11.4 Å². The highest BCUT2D eigenvalue weighted by Crippen LogP contribution is 2.37. The van der Waals surface area contributed by atoms with Gasteiger partial charge in [-0.3, -0.25) is 4.72 Å². The van der Waals surface area contributed by atoms with E-state index < -0.39 is 33.6 Å². The smallest absolute Gasteiger partial charge is 0.404 e. The topological polar surface area (TPSA) is 82.3 Å². The molecular weight excluding hydrogens is 471 g/mol. The Hall–Kier alpha value is -3.41. The summed E-state index contributed by atoms with van der Waals surface area (Å²) in [4.78, 5) is 0. The molecule has 3 aromatic rings. The lowest BCUT2D eigenvalue weighted by Gasteiger charge is -2.16. The van der Waals surface area contributed by atoms with Gasteiger partial charge in [0.2, 0.25) is 10.0 Å². The van der Waals surface area contributed by atoms with Crippen molar-refractivity contribution < 1.29 is 39.8 Å². The number of benzene rings is 2. The number of nitrogens with zero attached hydrogens (tertiary/aromatic N) is 1. The van der Waals surface area contributed by atoms with Gasteiger partial charge in [-0.05, 0) is 35.9 Å². The van der Waals surface area contributed by atoms with E-state index in [9.17, 15) is 35.6 Å². The number of halogens is 5. The Morgan fingerprint density at radius 3 is 2.15 bits per heavy atom. The number of anilines is 1. The molecule has 0 aliphatic heterocycles. The van der Waals surface area contributed by atoms with Crippen LogP contribution in [0.5, 0.6) is 11.5 Å². The van der Waals surface area contributed by atoms with Crippen molar-refractivity contribution in [1.29, 1.82) is 0 Å². The Kier molecular flexibility index (Phi) is 6.50. The maximum Gasteiger partial charge on any atom is 0.404 e. The zero-order chi connectivity index (χ0) is 24.6. The Morgan fingerprint density at radius 1 is 0.970 bits per heavy atom. The van der Waals surface area contributed by atoms with E-state index in [0.29, 0.717) is 16.4 Å². The summed E-state index contributed by atoms with van der Waals surface area (Å²) in [7, 11) is -4.77. The SMILES string of the molecule is Cc1cc(-c2cc(NS(=O)(=O)CC(F)(F)F)ccc2Oc2ccc(F)cc2F)cc(C)[n+]1[O-]. The molecule has 0 fully saturated rings. The molecule has 0 bridgehead atoms. The molecule has 0 unspecified atom stereocenters. The number of pyridine rings is 1. The molecule has 1 aromatic heterocycles. The molecule has 2 aromatic carbocycles. The predicted octanol–water partition coefficient (Wildman–Crippen LogP) is 4.98. The summed E-state index contributed by atoms with van der Waals surface area (Å²) >= 11 is 0. The van der Waals surface area contributed by atoms with Gasteiger partial charge in [-0.25, -0.2) is 17.2 Å². The number of rotatable bonds is 6. The van der Waals surface area contributed by atoms with Crippen LogP contribution in [0, 0.1) is 30.7 Å². The predicted molar refractivity (Wildman–Crippen MR) is 110 cm³/mol. The summed E-state index contributed by atoms with van der Waals surface area (Å²) in [5, 5.41) is 12.0. The lowest BCUT2D eigenvalue weighted by Crippen LogP contribution is -2.33. The molecule has 0 saturated carbocycles. The van der Waals surface area contributed by atoms with E-state index in [4.69, 9.17) is 4.74 Å². The molecule has 0 saturated heterocycles. The fourth-order valence-electron chi connectivity index (χ4n) is 3.06. The average molecular weight is 488 g/mol. The van der Waals surface area contributed by atoms with Crippen molar-refractivity contribution in [3.8, 4) is 22.6 Å². The van der Waals surface area contributed by atoms with Gasteiger partial charge in [0.15, 0.2) is 28.7 Å². The Morgan fingerprint density at radius 2 is 1.58 bits per heavy atom. The summed E-state index contributed by atoms with van der Waals surface area (Å²) in [6.45, 7) is 3.03. The minimum Gasteiger partial charge on any atom is -0.618 e. The highest BCUT2D eigenvalue weighted by atomic mass is 32.2. The van der Waals surface area contributed by atoms with Crippen LogP contribution in [0.25, 0.3) is 11.1 Å². The maximum atomic E-state index is 14.1. The molecule has 0 aliphatic carbocycles. The molecule has 0 spiro atoms. The van der Waals surface area contributed by atoms with Crippen molar-refractivity contribution in [2.75, 3.05) is 10.5 Å². The van der Waals surface area contributed by atoms with Crippen LogP contribution in [0.3, 0.4) is 0 Å². The van der Waals surface area contributed by atoms with Gasteiger partial charge in [-0.2, -0.15) is 17.9 Å². The number of aryl methyl sites for hydroxylation is 2. The van der Waals surface area contributed by atoms with E-state index in [0.717, 1.165) is 18.2 Å². The number of hydrogen-bond donors (Lipinski definition) is 1. The third kappa shape index (κ3) is 6.09. The highest BCUT2D eigenvalue weighted by Gasteiger charge is 2.35. The van der Waals surface area contributed by atoms with Gasteiger partial charge >= 0.3 is 6.18 Å². The average Bonchev–Trinajstić information content (AvgIpc) is 2.66. The van der Waals surface area contributed by atoms with E-state index in [2.05, 4.69) is 0 Å². The second-order valence-electron chi connectivity index (χ2n) is 7.19. The van der Waals surface area contributed by atoms with E-state index in [-0.39, 0.29) is 34.1 Å². The molecule has 1 heterocycles. The van der Waals surface area contributed by atoms with Crippen LogP contribution in [0.15, 0.2) is 48.5 Å². The molecule has 0 radical (unpaired) electrons. The van der Waals surface area contributed by atoms with E-state index in [1.165, 1.54) is 38.1 Å². The first-order valence-electron chi connectivity index (χ1n) is 9.29. The molecule has 1 N–H and O–H groups in total. The minimum atomic E-state index is -4.95. The zero-order valence-corrected chi connectivity index (χ0v) is 18.0. The van der Waals surface area contributed by atoms with Gasteiger partial charge < -0.3 is 9.94 Å². The minimum absolute atomic E-state index is 0.0123. The summed E-state index contributed by atoms with van der Waals surface area (Å²) in [6, 6.07) is 9.03. The number of ether oxygens (including phenoxy) is 1. The van der Waals surface area contributed by atoms with Gasteiger partial charge in [0, 0.05) is 43.3 Å². The number of nitrogens with one attached hydrogen (secondary N) is 1. The Bertz CT molecular complexity index is 1290. The third-order valence-corrected chi connectivity index (χ3v) is 5.65. The monoisotopic (exact) mass is 488 g/mol.